The van der Waals surface area contributed by atoms with Gasteiger partial charge in [-0.25, -0.2) is 4.79 Å². The van der Waals surface area contributed by atoms with Gasteiger partial charge in [-0.2, -0.15) is 0 Å². The van der Waals surface area contributed by atoms with Crippen molar-refractivity contribution >= 4 is 12.0 Å². The Hall–Kier alpha value is -2.39. The number of benzene rings is 1. The molecule has 160 valence electrons. The number of carbonyl (C=O) groups excluding carboxylic acids is 1. The first-order chi connectivity index (χ1) is 13.8. The van der Waals surface area contributed by atoms with Gasteiger partial charge in [0, 0.05) is 20.3 Å². The number of rotatable bonds is 11. The molecule has 0 N–H and O–H groups in total. The van der Waals surface area contributed by atoms with Crippen LogP contribution in [0, 0.1) is 0 Å². The van der Waals surface area contributed by atoms with Gasteiger partial charge in [0.2, 0.25) is 0 Å². The maximum atomic E-state index is 12.0. The Morgan fingerprint density at radius 2 is 1.90 bits per heavy atom. The second-order valence-electron chi connectivity index (χ2n) is 6.72. The van der Waals surface area contributed by atoms with Crippen LogP contribution in [-0.4, -0.2) is 58.9 Å². The van der Waals surface area contributed by atoms with Gasteiger partial charge in [0.15, 0.2) is 30.9 Å². The molecular weight excluding hydrogens is 380 g/mol. The summed E-state index contributed by atoms with van der Waals surface area (Å²) in [5.41, 5.74) is 1.37. The Morgan fingerprint density at radius 3 is 2.52 bits per heavy atom. The van der Waals surface area contributed by atoms with Crippen LogP contribution in [0.5, 0.6) is 11.5 Å². The summed E-state index contributed by atoms with van der Waals surface area (Å²) in [4.78, 5) is 12.0. The molecule has 1 aromatic carbocycles. The smallest absolute Gasteiger partial charge is 0.331 e. The molecule has 8 heteroatoms. The third-order valence-electron chi connectivity index (χ3n) is 3.91. The van der Waals surface area contributed by atoms with E-state index in [0.29, 0.717) is 23.7 Å². The normalized spacial score (nSPS) is 18.0. The van der Waals surface area contributed by atoms with Crippen molar-refractivity contribution in [2.75, 3.05) is 41.0 Å². The van der Waals surface area contributed by atoms with E-state index in [2.05, 4.69) is 6.58 Å². The van der Waals surface area contributed by atoms with Gasteiger partial charge in [0.25, 0.3) is 0 Å². The highest BCUT2D eigenvalue weighted by Gasteiger charge is 2.34. The quantitative estimate of drug-likeness (QED) is 0.239. The minimum atomic E-state index is -0.654. The summed E-state index contributed by atoms with van der Waals surface area (Å²) in [6, 6.07) is 5.22. The van der Waals surface area contributed by atoms with Gasteiger partial charge in [-0.3, -0.25) is 0 Å². The van der Waals surface area contributed by atoms with Crippen LogP contribution in [0.4, 0.5) is 0 Å². The summed E-state index contributed by atoms with van der Waals surface area (Å²) in [5.74, 6) is -0.182. The van der Waals surface area contributed by atoms with E-state index in [-0.39, 0.29) is 26.3 Å². The predicted octanol–water partition coefficient (Wildman–Crippen LogP) is 2.92. The summed E-state index contributed by atoms with van der Waals surface area (Å²) >= 11 is 0. The lowest BCUT2D eigenvalue weighted by Gasteiger charge is -2.18. The molecule has 0 saturated carbocycles. The van der Waals surface area contributed by atoms with Gasteiger partial charge < -0.3 is 33.2 Å². The van der Waals surface area contributed by atoms with Crippen LogP contribution >= 0.6 is 0 Å². The number of hydrogen-bond donors (Lipinski definition) is 0. The van der Waals surface area contributed by atoms with Crippen molar-refractivity contribution in [2.45, 2.75) is 25.7 Å². The first-order valence-corrected chi connectivity index (χ1v) is 9.06. The number of carbonyl (C=O) groups is 1. The summed E-state index contributed by atoms with van der Waals surface area (Å²) in [6.07, 6.45) is 2.65. The standard InChI is InChI=1S/C21H28O8/c1-15(19-12-28-21(2,3)29-19)11-25-20(22)9-7-16-6-8-17(26-13-23-4)18(10-16)27-14-24-5/h6-10,19H,1,11-14H2,2-5H3/b9-7+/t19-/m1/s1. The van der Waals surface area contributed by atoms with Crippen LogP contribution < -0.4 is 9.47 Å². The average Bonchev–Trinajstić information content (AvgIpc) is 3.07. The molecule has 0 aliphatic carbocycles. The third kappa shape index (κ3) is 7.51. The highest BCUT2D eigenvalue weighted by Crippen LogP contribution is 2.29. The van der Waals surface area contributed by atoms with Gasteiger partial charge >= 0.3 is 5.97 Å². The van der Waals surface area contributed by atoms with Crippen LogP contribution in [0.2, 0.25) is 0 Å². The van der Waals surface area contributed by atoms with Crippen molar-refractivity contribution in [2.24, 2.45) is 0 Å². The Morgan fingerprint density at radius 1 is 1.21 bits per heavy atom. The third-order valence-corrected chi connectivity index (χ3v) is 3.91. The molecule has 29 heavy (non-hydrogen) atoms. The van der Waals surface area contributed by atoms with Gasteiger partial charge in [-0.15, -0.1) is 0 Å². The maximum Gasteiger partial charge on any atom is 0.331 e. The largest absolute Gasteiger partial charge is 0.464 e. The topological polar surface area (TPSA) is 81.7 Å². The van der Waals surface area contributed by atoms with Crippen molar-refractivity contribution in [1.29, 1.82) is 0 Å². The Labute approximate surface area is 170 Å². The Kier molecular flexibility index (Phi) is 8.66. The number of methoxy groups -OCH3 is 2. The van der Waals surface area contributed by atoms with Crippen LogP contribution in [0.15, 0.2) is 36.4 Å². The van der Waals surface area contributed by atoms with Crippen LogP contribution in [0.3, 0.4) is 0 Å². The molecule has 8 nitrogen and oxygen atoms in total. The van der Waals surface area contributed by atoms with E-state index < -0.39 is 11.8 Å². The highest BCUT2D eigenvalue weighted by molar-refractivity contribution is 5.87. The molecule has 0 unspecified atom stereocenters. The lowest BCUT2D eigenvalue weighted by Crippen LogP contribution is -2.23. The number of ether oxygens (including phenoxy) is 7. The number of hydrogen-bond acceptors (Lipinski definition) is 8. The molecule has 2 rings (SSSR count). The van der Waals surface area contributed by atoms with Gasteiger partial charge in [-0.1, -0.05) is 12.6 Å². The van der Waals surface area contributed by atoms with Gasteiger partial charge in [0.1, 0.15) is 12.7 Å². The van der Waals surface area contributed by atoms with Crippen LogP contribution in [0.1, 0.15) is 19.4 Å². The highest BCUT2D eigenvalue weighted by atomic mass is 16.7. The fourth-order valence-corrected chi connectivity index (χ4v) is 2.46. The molecule has 1 aliphatic heterocycles. The molecule has 1 aromatic rings. The molecule has 1 aliphatic rings. The SMILES string of the molecule is C=C(COC(=O)/C=C/c1ccc(OCOC)c(OCOC)c1)[C@H]1COC(C)(C)O1. The summed E-state index contributed by atoms with van der Waals surface area (Å²) in [6.45, 7) is 8.15. The molecule has 1 atom stereocenters. The lowest BCUT2D eigenvalue weighted by atomic mass is 10.2. The molecule has 0 spiro atoms. The Balaban J connectivity index is 1.90. The van der Waals surface area contributed by atoms with Crippen molar-refractivity contribution in [1.82, 2.24) is 0 Å². The zero-order valence-corrected chi connectivity index (χ0v) is 17.3. The van der Waals surface area contributed by atoms with E-state index in [0.717, 1.165) is 5.56 Å². The van der Waals surface area contributed by atoms with Crippen molar-refractivity contribution in [3.05, 3.63) is 42.0 Å². The van der Waals surface area contributed by atoms with E-state index >= 15 is 0 Å². The van der Waals surface area contributed by atoms with E-state index in [1.807, 2.05) is 13.8 Å². The van der Waals surface area contributed by atoms with Crippen LogP contribution in [0.25, 0.3) is 6.08 Å². The molecule has 1 heterocycles. The van der Waals surface area contributed by atoms with E-state index in [4.69, 9.17) is 33.2 Å². The molecule has 1 fully saturated rings. The Bertz CT molecular complexity index is 725. The number of esters is 1. The van der Waals surface area contributed by atoms with Gasteiger partial charge in [0.05, 0.1) is 6.61 Å². The first kappa shape index (κ1) is 22.9. The zero-order chi connectivity index (χ0) is 21.3. The van der Waals surface area contributed by atoms with Crippen molar-refractivity contribution < 1.29 is 38.0 Å². The summed E-state index contributed by atoms with van der Waals surface area (Å²) < 4.78 is 37.1. The fourth-order valence-electron chi connectivity index (χ4n) is 2.46. The monoisotopic (exact) mass is 408 g/mol. The maximum absolute atomic E-state index is 12.0. The summed E-state index contributed by atoms with van der Waals surface area (Å²) in [7, 11) is 3.05. The van der Waals surface area contributed by atoms with Crippen molar-refractivity contribution in [3.8, 4) is 11.5 Å². The second kappa shape index (κ2) is 11.0. The lowest BCUT2D eigenvalue weighted by molar-refractivity contribution is -0.139. The zero-order valence-electron chi connectivity index (χ0n) is 17.3. The second-order valence-corrected chi connectivity index (χ2v) is 6.72. The molecule has 0 bridgehead atoms. The molecule has 0 amide bonds. The predicted molar refractivity (Wildman–Crippen MR) is 105 cm³/mol. The van der Waals surface area contributed by atoms with Crippen molar-refractivity contribution in [3.63, 3.8) is 0 Å². The van der Waals surface area contributed by atoms with E-state index in [9.17, 15) is 4.79 Å². The fraction of sp³-hybridized carbons (Fsp3) is 0.476. The molecule has 0 aromatic heterocycles. The molecular formula is C21H28O8. The van der Waals surface area contributed by atoms with E-state index in [1.165, 1.54) is 20.3 Å². The average molecular weight is 408 g/mol. The van der Waals surface area contributed by atoms with Crippen LogP contribution in [-0.2, 0) is 28.5 Å². The first-order valence-electron chi connectivity index (χ1n) is 9.06. The minimum Gasteiger partial charge on any atom is -0.464 e. The molecule has 0 radical (unpaired) electrons. The van der Waals surface area contributed by atoms with E-state index in [1.54, 1.807) is 24.3 Å². The summed E-state index contributed by atoms with van der Waals surface area (Å²) in [5, 5.41) is 0. The minimum absolute atomic E-state index is 0.0548. The molecule has 1 saturated heterocycles. The van der Waals surface area contributed by atoms with Gasteiger partial charge in [-0.05, 0) is 43.2 Å².